The first-order chi connectivity index (χ1) is 7.34. The van der Waals surface area contributed by atoms with Gasteiger partial charge in [0.15, 0.2) is 0 Å². The van der Waals surface area contributed by atoms with E-state index in [1.165, 1.54) is 0 Å². The van der Waals surface area contributed by atoms with E-state index in [4.69, 9.17) is 0 Å². The van der Waals surface area contributed by atoms with Gasteiger partial charge in [-0.05, 0) is 24.7 Å². The molecule has 1 heterocycles. The number of nitrogens with one attached hydrogen (secondary N) is 1. The Labute approximate surface area is 99.6 Å². The number of rotatable bonds is 4. The number of hydrogen-bond acceptors (Lipinski definition) is 2. The summed E-state index contributed by atoms with van der Waals surface area (Å²) in [6.07, 6.45) is 0.212. The smallest absolute Gasteiger partial charge is 0.240 e. The molecule has 3 nitrogen and oxygen atoms in total. The van der Waals surface area contributed by atoms with Gasteiger partial charge in [-0.2, -0.15) is 0 Å². The van der Waals surface area contributed by atoms with Gasteiger partial charge >= 0.3 is 0 Å². The van der Waals surface area contributed by atoms with Crippen molar-refractivity contribution in [2.45, 2.75) is 53.8 Å². The lowest BCUT2D eigenvalue weighted by atomic mass is 9.97. The summed E-state index contributed by atoms with van der Waals surface area (Å²) in [6, 6.07) is -0.0215. The minimum atomic E-state index is -0.0215. The van der Waals surface area contributed by atoms with Gasteiger partial charge in [-0.3, -0.25) is 10.1 Å². The van der Waals surface area contributed by atoms with Gasteiger partial charge in [0.25, 0.3) is 0 Å². The summed E-state index contributed by atoms with van der Waals surface area (Å²) in [6.45, 7) is 13.8. The molecular weight excluding hydrogens is 200 g/mol. The first kappa shape index (κ1) is 13.5. The van der Waals surface area contributed by atoms with Crippen LogP contribution in [-0.4, -0.2) is 29.6 Å². The first-order valence-corrected chi connectivity index (χ1v) is 6.41. The molecule has 0 aromatic carbocycles. The average Bonchev–Trinajstić information content (AvgIpc) is 2.45. The Morgan fingerprint density at radius 2 is 1.81 bits per heavy atom. The lowest BCUT2D eigenvalue weighted by Crippen LogP contribution is -2.44. The molecule has 0 spiro atoms. The molecule has 0 saturated carbocycles. The minimum Gasteiger partial charge on any atom is -0.325 e. The van der Waals surface area contributed by atoms with Crippen LogP contribution < -0.4 is 5.32 Å². The van der Waals surface area contributed by atoms with Gasteiger partial charge in [0, 0.05) is 6.54 Å². The lowest BCUT2D eigenvalue weighted by Gasteiger charge is -2.30. The predicted octanol–water partition coefficient (Wildman–Crippen LogP) is 2.08. The summed E-state index contributed by atoms with van der Waals surface area (Å²) in [7, 11) is 0. The van der Waals surface area contributed by atoms with Crippen LogP contribution in [0.5, 0.6) is 0 Å². The summed E-state index contributed by atoms with van der Waals surface area (Å²) in [5, 5.41) is 3.37. The molecule has 0 aromatic heterocycles. The fraction of sp³-hybridized carbons (Fsp3) is 0.923. The van der Waals surface area contributed by atoms with Crippen LogP contribution in [0.2, 0.25) is 0 Å². The molecule has 3 unspecified atom stereocenters. The van der Waals surface area contributed by atoms with Crippen LogP contribution in [-0.2, 0) is 4.79 Å². The van der Waals surface area contributed by atoms with Crippen LogP contribution in [0.25, 0.3) is 0 Å². The maximum absolute atomic E-state index is 12.0. The highest BCUT2D eigenvalue weighted by molar-refractivity contribution is 5.83. The van der Waals surface area contributed by atoms with E-state index in [0.717, 1.165) is 6.54 Å². The highest BCUT2D eigenvalue weighted by Crippen LogP contribution is 2.21. The van der Waals surface area contributed by atoms with Gasteiger partial charge in [0.1, 0.15) is 0 Å². The van der Waals surface area contributed by atoms with Crippen molar-refractivity contribution in [3.8, 4) is 0 Å². The second-order valence-electron chi connectivity index (χ2n) is 5.79. The second-order valence-corrected chi connectivity index (χ2v) is 5.79. The molecule has 1 aliphatic rings. The number of hydrogen-bond donors (Lipinski definition) is 1. The molecule has 94 valence electrons. The monoisotopic (exact) mass is 226 g/mol. The number of nitrogens with zero attached hydrogens (tertiary/aromatic N) is 1. The second kappa shape index (κ2) is 5.17. The standard InChI is InChI=1S/C13H26N2O/c1-8(2)10(5)7-15-12(9(3)4)14-11(6)13(15)16/h8-12,14H,7H2,1-6H3. The third-order valence-electron chi connectivity index (χ3n) is 3.66. The molecule has 0 aliphatic carbocycles. The van der Waals surface area contributed by atoms with Crippen molar-refractivity contribution >= 4 is 5.91 Å². The Kier molecular flexibility index (Phi) is 4.36. The Morgan fingerprint density at radius 1 is 1.25 bits per heavy atom. The largest absolute Gasteiger partial charge is 0.325 e. The Morgan fingerprint density at radius 3 is 2.25 bits per heavy atom. The summed E-state index contributed by atoms with van der Waals surface area (Å²) < 4.78 is 0. The van der Waals surface area contributed by atoms with E-state index in [9.17, 15) is 4.79 Å². The zero-order chi connectivity index (χ0) is 12.5. The first-order valence-electron chi connectivity index (χ1n) is 6.41. The van der Waals surface area contributed by atoms with Gasteiger partial charge in [-0.25, -0.2) is 0 Å². The zero-order valence-corrected chi connectivity index (χ0v) is 11.4. The highest BCUT2D eigenvalue weighted by Gasteiger charge is 2.38. The predicted molar refractivity (Wildman–Crippen MR) is 66.9 cm³/mol. The van der Waals surface area contributed by atoms with Crippen molar-refractivity contribution < 1.29 is 4.79 Å². The fourth-order valence-corrected chi connectivity index (χ4v) is 2.08. The van der Waals surface area contributed by atoms with Gasteiger partial charge in [-0.1, -0.05) is 34.6 Å². The topological polar surface area (TPSA) is 32.3 Å². The van der Waals surface area contributed by atoms with Crippen LogP contribution >= 0.6 is 0 Å². The van der Waals surface area contributed by atoms with E-state index in [2.05, 4.69) is 39.9 Å². The van der Waals surface area contributed by atoms with Crippen LogP contribution in [0.4, 0.5) is 0 Å². The summed E-state index contributed by atoms with van der Waals surface area (Å²) in [5.74, 6) is 1.90. The Bertz CT molecular complexity index is 250. The van der Waals surface area contributed by atoms with Crippen molar-refractivity contribution in [3.63, 3.8) is 0 Å². The van der Waals surface area contributed by atoms with Crippen LogP contribution in [0.15, 0.2) is 0 Å². The molecule has 1 saturated heterocycles. The molecule has 3 heteroatoms. The molecule has 0 radical (unpaired) electrons. The molecule has 0 bridgehead atoms. The van der Waals surface area contributed by atoms with Crippen molar-refractivity contribution in [2.75, 3.05) is 6.54 Å². The summed E-state index contributed by atoms with van der Waals surface area (Å²) in [5.41, 5.74) is 0. The Hall–Kier alpha value is -0.570. The average molecular weight is 226 g/mol. The maximum atomic E-state index is 12.0. The number of carbonyl (C=O) groups is 1. The van der Waals surface area contributed by atoms with Crippen LogP contribution in [0.1, 0.15) is 41.5 Å². The van der Waals surface area contributed by atoms with Crippen molar-refractivity contribution in [3.05, 3.63) is 0 Å². The molecule has 3 atom stereocenters. The highest BCUT2D eigenvalue weighted by atomic mass is 16.2. The van der Waals surface area contributed by atoms with E-state index in [0.29, 0.717) is 17.8 Å². The normalized spacial score (nSPS) is 28.2. The van der Waals surface area contributed by atoms with Crippen LogP contribution in [0, 0.1) is 17.8 Å². The molecular formula is C13H26N2O. The third-order valence-corrected chi connectivity index (χ3v) is 3.66. The summed E-state index contributed by atoms with van der Waals surface area (Å²) in [4.78, 5) is 14.1. The van der Waals surface area contributed by atoms with Crippen LogP contribution in [0.3, 0.4) is 0 Å². The quantitative estimate of drug-likeness (QED) is 0.796. The zero-order valence-electron chi connectivity index (χ0n) is 11.4. The van der Waals surface area contributed by atoms with Gasteiger partial charge in [0.05, 0.1) is 12.2 Å². The molecule has 1 rings (SSSR count). The van der Waals surface area contributed by atoms with Gasteiger partial charge in [-0.15, -0.1) is 0 Å². The van der Waals surface area contributed by atoms with E-state index < -0.39 is 0 Å². The van der Waals surface area contributed by atoms with Gasteiger partial charge < -0.3 is 4.90 Å². The molecule has 16 heavy (non-hydrogen) atoms. The van der Waals surface area contributed by atoms with Crippen molar-refractivity contribution in [1.82, 2.24) is 10.2 Å². The van der Waals surface area contributed by atoms with E-state index in [-0.39, 0.29) is 18.1 Å². The van der Waals surface area contributed by atoms with E-state index in [1.807, 2.05) is 11.8 Å². The lowest BCUT2D eigenvalue weighted by molar-refractivity contribution is -0.131. The molecule has 1 amide bonds. The number of amides is 1. The molecule has 0 aromatic rings. The van der Waals surface area contributed by atoms with E-state index in [1.54, 1.807) is 0 Å². The SMILES string of the molecule is CC1NC(C(C)C)N(CC(C)C(C)C)C1=O. The third kappa shape index (κ3) is 2.76. The van der Waals surface area contributed by atoms with Gasteiger partial charge in [0.2, 0.25) is 5.91 Å². The van der Waals surface area contributed by atoms with Crippen molar-refractivity contribution in [1.29, 1.82) is 0 Å². The molecule has 1 fully saturated rings. The Balaban J connectivity index is 2.71. The number of carbonyl (C=O) groups excluding carboxylic acids is 1. The van der Waals surface area contributed by atoms with Crippen molar-refractivity contribution in [2.24, 2.45) is 17.8 Å². The maximum Gasteiger partial charge on any atom is 0.240 e. The summed E-state index contributed by atoms with van der Waals surface area (Å²) >= 11 is 0. The molecule has 1 aliphatic heterocycles. The minimum absolute atomic E-state index is 0.0215. The van der Waals surface area contributed by atoms with E-state index >= 15 is 0 Å². The fourth-order valence-electron chi connectivity index (χ4n) is 2.08. The molecule has 1 N–H and O–H groups in total.